The lowest BCUT2D eigenvalue weighted by molar-refractivity contribution is -0.122. The van der Waals surface area contributed by atoms with E-state index < -0.39 is 23.7 Å². The SMILES string of the molecule is C=CCN1C(=O)N/C(=C/c2cc(I)c(OCC(=O)Nc3ccc(F)cc3)c(OCC)c2)C1=O. The van der Waals surface area contributed by atoms with E-state index in [2.05, 4.69) is 17.2 Å². The van der Waals surface area contributed by atoms with Crippen molar-refractivity contribution in [1.82, 2.24) is 10.2 Å². The monoisotopic (exact) mass is 565 g/mol. The summed E-state index contributed by atoms with van der Waals surface area (Å²) in [4.78, 5) is 37.7. The number of ether oxygens (including phenoxy) is 2. The van der Waals surface area contributed by atoms with Gasteiger partial charge < -0.3 is 20.1 Å². The third-order valence-electron chi connectivity index (χ3n) is 4.39. The Balaban J connectivity index is 1.76. The van der Waals surface area contributed by atoms with Crippen LogP contribution >= 0.6 is 22.6 Å². The molecular weight excluding hydrogens is 544 g/mol. The number of amides is 4. The summed E-state index contributed by atoms with van der Waals surface area (Å²) in [7, 11) is 0. The number of rotatable bonds is 9. The molecule has 1 aliphatic heterocycles. The molecule has 2 aromatic rings. The van der Waals surface area contributed by atoms with Crippen LogP contribution in [-0.4, -0.2) is 42.5 Å². The van der Waals surface area contributed by atoms with Crippen LogP contribution in [0.2, 0.25) is 0 Å². The predicted molar refractivity (Wildman–Crippen MR) is 129 cm³/mol. The number of benzene rings is 2. The molecule has 2 N–H and O–H groups in total. The minimum absolute atomic E-state index is 0.108. The normalized spacial score (nSPS) is 14.3. The molecule has 0 radical (unpaired) electrons. The lowest BCUT2D eigenvalue weighted by Crippen LogP contribution is -2.30. The average molecular weight is 565 g/mol. The zero-order valence-corrected chi connectivity index (χ0v) is 19.8. The molecule has 33 heavy (non-hydrogen) atoms. The Morgan fingerprint density at radius 3 is 2.64 bits per heavy atom. The van der Waals surface area contributed by atoms with E-state index in [9.17, 15) is 18.8 Å². The van der Waals surface area contributed by atoms with Crippen LogP contribution in [-0.2, 0) is 9.59 Å². The van der Waals surface area contributed by atoms with E-state index in [1.807, 2.05) is 22.6 Å². The van der Waals surface area contributed by atoms with Crippen molar-refractivity contribution in [2.45, 2.75) is 6.92 Å². The van der Waals surface area contributed by atoms with Crippen LogP contribution in [0.4, 0.5) is 14.9 Å². The van der Waals surface area contributed by atoms with Crippen LogP contribution in [0, 0.1) is 9.39 Å². The van der Waals surface area contributed by atoms with Crippen molar-refractivity contribution in [3.05, 3.63) is 69.7 Å². The summed E-state index contributed by atoms with van der Waals surface area (Å²) in [6.45, 7) is 5.51. The Morgan fingerprint density at radius 2 is 1.97 bits per heavy atom. The maximum atomic E-state index is 13.0. The highest BCUT2D eigenvalue weighted by molar-refractivity contribution is 14.1. The number of anilines is 1. The number of nitrogens with zero attached hydrogens (tertiary/aromatic N) is 1. The molecule has 0 unspecified atom stereocenters. The molecule has 10 heteroatoms. The Labute approximate surface area is 203 Å². The van der Waals surface area contributed by atoms with Gasteiger partial charge in [-0.3, -0.25) is 14.5 Å². The first-order valence-corrected chi connectivity index (χ1v) is 11.0. The Bertz CT molecular complexity index is 1120. The van der Waals surface area contributed by atoms with Crippen LogP contribution in [0.1, 0.15) is 12.5 Å². The quantitative estimate of drug-likeness (QED) is 0.208. The molecule has 4 amide bonds. The number of imide groups is 1. The molecule has 1 heterocycles. The third kappa shape index (κ3) is 6.09. The second-order valence-corrected chi connectivity index (χ2v) is 7.96. The largest absolute Gasteiger partial charge is 0.490 e. The number of carbonyl (C=O) groups is 3. The van der Waals surface area contributed by atoms with Gasteiger partial charge in [0.1, 0.15) is 11.5 Å². The van der Waals surface area contributed by atoms with E-state index in [1.165, 1.54) is 30.3 Å². The van der Waals surface area contributed by atoms with Crippen molar-refractivity contribution < 1.29 is 28.2 Å². The molecule has 0 aliphatic carbocycles. The summed E-state index contributed by atoms with van der Waals surface area (Å²) in [6.07, 6.45) is 3.01. The van der Waals surface area contributed by atoms with Gasteiger partial charge in [-0.1, -0.05) is 6.08 Å². The molecule has 3 rings (SSSR count). The maximum absolute atomic E-state index is 13.0. The van der Waals surface area contributed by atoms with Gasteiger partial charge >= 0.3 is 6.03 Å². The van der Waals surface area contributed by atoms with Crippen LogP contribution < -0.4 is 20.1 Å². The summed E-state index contributed by atoms with van der Waals surface area (Å²) in [6, 6.07) is 8.26. The Hall–Kier alpha value is -3.41. The highest BCUT2D eigenvalue weighted by Gasteiger charge is 2.32. The fourth-order valence-corrected chi connectivity index (χ4v) is 3.76. The van der Waals surface area contributed by atoms with Gasteiger partial charge in [0.05, 0.1) is 10.2 Å². The molecule has 1 saturated heterocycles. The first-order chi connectivity index (χ1) is 15.8. The molecule has 0 bridgehead atoms. The van der Waals surface area contributed by atoms with Crippen molar-refractivity contribution in [2.24, 2.45) is 0 Å². The van der Waals surface area contributed by atoms with E-state index in [0.717, 1.165) is 4.90 Å². The number of carbonyl (C=O) groups excluding carboxylic acids is 3. The van der Waals surface area contributed by atoms with Crippen molar-refractivity contribution >= 4 is 52.2 Å². The molecule has 2 aromatic carbocycles. The van der Waals surface area contributed by atoms with Crippen molar-refractivity contribution in [2.75, 3.05) is 25.1 Å². The summed E-state index contributed by atoms with van der Waals surface area (Å²) < 4.78 is 25.0. The van der Waals surface area contributed by atoms with Gasteiger partial charge in [-0.2, -0.15) is 0 Å². The van der Waals surface area contributed by atoms with Crippen LogP contribution in [0.3, 0.4) is 0 Å². The minimum Gasteiger partial charge on any atom is -0.490 e. The van der Waals surface area contributed by atoms with Crippen molar-refractivity contribution in [1.29, 1.82) is 0 Å². The molecule has 1 fully saturated rings. The number of urea groups is 1. The summed E-state index contributed by atoms with van der Waals surface area (Å²) >= 11 is 2.04. The van der Waals surface area contributed by atoms with Gasteiger partial charge in [0.25, 0.3) is 11.8 Å². The van der Waals surface area contributed by atoms with Gasteiger partial charge in [0.15, 0.2) is 18.1 Å². The van der Waals surface area contributed by atoms with Crippen LogP contribution in [0.25, 0.3) is 6.08 Å². The van der Waals surface area contributed by atoms with E-state index in [1.54, 1.807) is 25.1 Å². The number of hydrogen-bond acceptors (Lipinski definition) is 5. The fourth-order valence-electron chi connectivity index (χ4n) is 2.98. The number of nitrogens with one attached hydrogen (secondary N) is 2. The third-order valence-corrected chi connectivity index (χ3v) is 5.19. The fraction of sp³-hybridized carbons (Fsp3) is 0.174. The molecule has 0 atom stereocenters. The summed E-state index contributed by atoms with van der Waals surface area (Å²) in [5, 5.41) is 5.16. The molecule has 172 valence electrons. The van der Waals surface area contributed by atoms with Gasteiger partial charge in [-0.25, -0.2) is 9.18 Å². The molecule has 1 aliphatic rings. The maximum Gasteiger partial charge on any atom is 0.329 e. The van der Waals surface area contributed by atoms with Crippen LogP contribution in [0.15, 0.2) is 54.8 Å². The molecule has 0 aromatic heterocycles. The number of halogens is 2. The average Bonchev–Trinajstić information content (AvgIpc) is 3.02. The molecule has 8 nitrogen and oxygen atoms in total. The Morgan fingerprint density at radius 1 is 1.24 bits per heavy atom. The van der Waals surface area contributed by atoms with E-state index in [-0.39, 0.29) is 18.8 Å². The molecule has 0 spiro atoms. The highest BCUT2D eigenvalue weighted by atomic mass is 127. The zero-order chi connectivity index (χ0) is 24.0. The summed E-state index contributed by atoms with van der Waals surface area (Å²) in [5.74, 6) is -0.532. The van der Waals surface area contributed by atoms with Crippen LogP contribution in [0.5, 0.6) is 11.5 Å². The van der Waals surface area contributed by atoms with E-state index in [4.69, 9.17) is 9.47 Å². The predicted octanol–water partition coefficient (Wildman–Crippen LogP) is 3.93. The van der Waals surface area contributed by atoms with Gasteiger partial charge in [-0.15, -0.1) is 6.58 Å². The zero-order valence-electron chi connectivity index (χ0n) is 17.7. The molecule has 0 saturated carbocycles. The van der Waals surface area contributed by atoms with Gasteiger partial charge in [0.2, 0.25) is 0 Å². The lowest BCUT2D eigenvalue weighted by Gasteiger charge is -2.15. The smallest absolute Gasteiger partial charge is 0.329 e. The second kappa shape index (κ2) is 10.9. The second-order valence-electron chi connectivity index (χ2n) is 6.80. The topological polar surface area (TPSA) is 97.0 Å². The van der Waals surface area contributed by atoms with Gasteiger partial charge in [0, 0.05) is 12.2 Å². The summed E-state index contributed by atoms with van der Waals surface area (Å²) in [5.41, 5.74) is 1.18. The first-order valence-electron chi connectivity index (χ1n) is 9.92. The standard InChI is InChI=1S/C23H21FIN3O5/c1-3-9-28-22(30)18(27-23(28)31)11-14-10-17(25)21(19(12-14)32-4-2)33-13-20(29)26-16-7-5-15(24)6-8-16/h3,5-8,10-12H,1,4,9,13H2,2H3,(H,26,29)(H,27,31)/b18-11+. The number of hydrogen-bond donors (Lipinski definition) is 2. The van der Waals surface area contributed by atoms with Gasteiger partial charge in [-0.05, 0) is 77.6 Å². The van der Waals surface area contributed by atoms with Crippen molar-refractivity contribution in [3.8, 4) is 11.5 Å². The minimum atomic E-state index is -0.516. The van der Waals surface area contributed by atoms with E-state index in [0.29, 0.717) is 32.9 Å². The Kier molecular flexibility index (Phi) is 8.04. The molecular formula is C23H21FIN3O5. The lowest BCUT2D eigenvalue weighted by atomic mass is 10.1. The van der Waals surface area contributed by atoms with E-state index >= 15 is 0 Å². The van der Waals surface area contributed by atoms with Crippen molar-refractivity contribution in [3.63, 3.8) is 0 Å². The highest BCUT2D eigenvalue weighted by Crippen LogP contribution is 2.35. The first kappa shape index (κ1) is 24.2.